The summed E-state index contributed by atoms with van der Waals surface area (Å²) in [6.07, 6.45) is 0. The van der Waals surface area contributed by atoms with Crippen LogP contribution in [0.3, 0.4) is 0 Å². The lowest BCUT2D eigenvalue weighted by Crippen LogP contribution is -2.25. The lowest BCUT2D eigenvalue weighted by Gasteiger charge is -2.31. The predicted octanol–water partition coefficient (Wildman–Crippen LogP) is 4.28. The van der Waals surface area contributed by atoms with Crippen molar-refractivity contribution in [1.82, 2.24) is 0 Å². The fraction of sp³-hybridized carbons (Fsp3) is 0.500. The van der Waals surface area contributed by atoms with Gasteiger partial charge in [0.25, 0.3) is 0 Å². The number of fused-ring (bicyclic) bond motifs is 1. The molecule has 2 atom stereocenters. The molecule has 3 saturated carbocycles. The minimum absolute atomic E-state index is 0.0231. The molecular formula is C16H20. The van der Waals surface area contributed by atoms with Gasteiger partial charge in [-0.1, -0.05) is 54.0 Å². The molecule has 0 saturated heterocycles. The van der Waals surface area contributed by atoms with Gasteiger partial charge in [0.1, 0.15) is 0 Å². The lowest BCUT2D eigenvalue weighted by atomic mass is 9.71. The van der Waals surface area contributed by atoms with E-state index in [0.717, 1.165) is 0 Å². The maximum absolute atomic E-state index is 4.29. The average molecular weight is 212 g/mol. The highest BCUT2D eigenvalue weighted by atomic mass is 15.0. The van der Waals surface area contributed by atoms with Crippen LogP contribution in [0.5, 0.6) is 0 Å². The molecule has 0 heteroatoms. The van der Waals surface area contributed by atoms with Crippen LogP contribution in [0, 0.1) is 21.7 Å². The van der Waals surface area contributed by atoms with Crippen molar-refractivity contribution in [3.8, 4) is 0 Å². The van der Waals surface area contributed by atoms with Gasteiger partial charge in [-0.2, -0.15) is 0 Å². The van der Waals surface area contributed by atoms with E-state index < -0.39 is 0 Å². The summed E-state index contributed by atoms with van der Waals surface area (Å²) in [6.45, 7) is 26.4. The number of rotatable bonds is 0. The van der Waals surface area contributed by atoms with E-state index in [-0.39, 0.29) is 21.7 Å². The molecule has 3 rings (SSSR count). The zero-order valence-electron chi connectivity index (χ0n) is 10.8. The van der Waals surface area contributed by atoms with Crippen molar-refractivity contribution in [2.24, 2.45) is 21.7 Å². The second kappa shape index (κ2) is 1.92. The fourth-order valence-electron chi connectivity index (χ4n) is 5.32. The minimum Gasteiger partial charge on any atom is -0.0949 e. The van der Waals surface area contributed by atoms with Gasteiger partial charge < -0.3 is 0 Å². The first-order chi connectivity index (χ1) is 7.13. The summed E-state index contributed by atoms with van der Waals surface area (Å²) in [5.41, 5.74) is 5.26. The van der Waals surface area contributed by atoms with Crippen molar-refractivity contribution in [2.75, 3.05) is 0 Å². The van der Waals surface area contributed by atoms with Crippen LogP contribution in [-0.4, -0.2) is 0 Å². The van der Waals surface area contributed by atoms with E-state index in [9.17, 15) is 0 Å². The molecule has 0 aromatic heterocycles. The van der Waals surface area contributed by atoms with Gasteiger partial charge >= 0.3 is 0 Å². The van der Waals surface area contributed by atoms with Crippen molar-refractivity contribution in [1.29, 1.82) is 0 Å². The Labute approximate surface area is 98.4 Å². The molecule has 84 valence electrons. The van der Waals surface area contributed by atoms with E-state index >= 15 is 0 Å². The highest BCUT2D eigenvalue weighted by Crippen LogP contribution is 2.99. The van der Waals surface area contributed by atoms with Gasteiger partial charge in [-0.05, 0) is 22.3 Å². The highest BCUT2D eigenvalue weighted by Gasteiger charge is 2.94. The molecule has 0 aliphatic heterocycles. The van der Waals surface area contributed by atoms with Crippen LogP contribution in [0.1, 0.15) is 27.7 Å². The Morgan fingerprint density at radius 3 is 1.19 bits per heavy atom. The molecular weight excluding hydrogens is 192 g/mol. The topological polar surface area (TPSA) is 0 Å². The largest absolute Gasteiger partial charge is 0.0949 e. The maximum atomic E-state index is 4.29. The van der Waals surface area contributed by atoms with Crippen LogP contribution in [0.25, 0.3) is 0 Å². The van der Waals surface area contributed by atoms with E-state index in [1.165, 1.54) is 22.3 Å². The van der Waals surface area contributed by atoms with Gasteiger partial charge in [-0.3, -0.25) is 0 Å². The number of hydrogen-bond donors (Lipinski definition) is 0. The Hall–Kier alpha value is -1.04. The molecule has 0 amide bonds. The molecule has 0 heterocycles. The minimum atomic E-state index is -0.0231. The molecule has 0 aromatic carbocycles. The molecule has 0 N–H and O–H groups in total. The second-order valence-electron chi connectivity index (χ2n) is 6.41. The van der Waals surface area contributed by atoms with Gasteiger partial charge in [0.2, 0.25) is 0 Å². The third-order valence-electron chi connectivity index (χ3n) is 7.08. The summed E-state index contributed by atoms with van der Waals surface area (Å²) in [7, 11) is 0. The summed E-state index contributed by atoms with van der Waals surface area (Å²) < 4.78 is 0. The Kier molecular flexibility index (Phi) is 1.22. The monoisotopic (exact) mass is 212 g/mol. The first kappa shape index (κ1) is 10.1. The van der Waals surface area contributed by atoms with E-state index in [4.69, 9.17) is 0 Å². The summed E-state index contributed by atoms with van der Waals surface area (Å²) in [6, 6.07) is 0. The number of hydrogen-bond acceptors (Lipinski definition) is 0. The maximum Gasteiger partial charge on any atom is 0.0239 e. The SMILES string of the molecule is C=C1C(=C)C2(C)C3(C)C(=C)C(=C)C1(C)C23C. The standard InChI is InChI=1S/C16H20/c1-9-11(3)14(6)15(7)12(4)10(2)13(9,5)16(14,15)8/h1-4H2,5-8H3. The van der Waals surface area contributed by atoms with Crippen LogP contribution in [0.2, 0.25) is 0 Å². The second-order valence-corrected chi connectivity index (χ2v) is 6.41. The fourth-order valence-corrected chi connectivity index (χ4v) is 5.32. The van der Waals surface area contributed by atoms with E-state index in [0.29, 0.717) is 0 Å². The molecule has 3 fully saturated rings. The molecule has 3 aliphatic rings. The lowest BCUT2D eigenvalue weighted by molar-refractivity contribution is 0.285. The Morgan fingerprint density at radius 2 is 0.938 bits per heavy atom. The summed E-state index contributed by atoms with van der Waals surface area (Å²) in [4.78, 5) is 0. The van der Waals surface area contributed by atoms with Gasteiger partial charge in [0, 0.05) is 21.7 Å². The molecule has 3 aliphatic carbocycles. The van der Waals surface area contributed by atoms with Crippen LogP contribution >= 0.6 is 0 Å². The van der Waals surface area contributed by atoms with Crippen molar-refractivity contribution < 1.29 is 0 Å². The van der Waals surface area contributed by atoms with Crippen molar-refractivity contribution >= 4 is 0 Å². The third kappa shape index (κ3) is 0.439. The average Bonchev–Trinajstić information content (AvgIpc) is 2.58. The smallest absolute Gasteiger partial charge is 0.0239 e. The molecule has 0 aromatic rings. The highest BCUT2D eigenvalue weighted by molar-refractivity contribution is 5.75. The van der Waals surface area contributed by atoms with E-state index in [2.05, 4.69) is 54.0 Å². The van der Waals surface area contributed by atoms with Crippen molar-refractivity contribution in [2.45, 2.75) is 27.7 Å². The Bertz CT molecular complexity index is 476. The Balaban J connectivity index is 2.45. The summed E-state index contributed by atoms with van der Waals surface area (Å²) in [5.74, 6) is 0. The van der Waals surface area contributed by atoms with Crippen LogP contribution in [0.15, 0.2) is 48.6 Å². The van der Waals surface area contributed by atoms with E-state index in [1.807, 2.05) is 0 Å². The van der Waals surface area contributed by atoms with Crippen molar-refractivity contribution in [3.05, 3.63) is 48.6 Å². The molecule has 0 nitrogen and oxygen atoms in total. The molecule has 0 radical (unpaired) electrons. The zero-order valence-corrected chi connectivity index (χ0v) is 10.8. The van der Waals surface area contributed by atoms with Crippen LogP contribution in [-0.2, 0) is 0 Å². The molecule has 2 unspecified atom stereocenters. The van der Waals surface area contributed by atoms with Gasteiger partial charge in [0.05, 0.1) is 0 Å². The quantitative estimate of drug-likeness (QED) is 0.562. The third-order valence-corrected chi connectivity index (χ3v) is 7.08. The number of allylic oxidation sites excluding steroid dienone is 4. The zero-order chi connectivity index (χ0) is 12.3. The first-order valence-electron chi connectivity index (χ1n) is 5.91. The van der Waals surface area contributed by atoms with Crippen LogP contribution in [0.4, 0.5) is 0 Å². The normalized spacial score (nSPS) is 58.2. The van der Waals surface area contributed by atoms with Crippen LogP contribution < -0.4 is 0 Å². The summed E-state index contributed by atoms with van der Waals surface area (Å²) >= 11 is 0. The molecule has 0 bridgehead atoms. The predicted molar refractivity (Wildman–Crippen MR) is 69.0 cm³/mol. The van der Waals surface area contributed by atoms with Gasteiger partial charge in [-0.15, -0.1) is 0 Å². The summed E-state index contributed by atoms with van der Waals surface area (Å²) in [5, 5.41) is 0. The molecule has 0 spiro atoms. The van der Waals surface area contributed by atoms with Crippen molar-refractivity contribution in [3.63, 3.8) is 0 Å². The van der Waals surface area contributed by atoms with Gasteiger partial charge in [-0.25, -0.2) is 0 Å². The van der Waals surface area contributed by atoms with Gasteiger partial charge in [0.15, 0.2) is 0 Å². The first-order valence-corrected chi connectivity index (χ1v) is 5.91. The van der Waals surface area contributed by atoms with E-state index in [1.54, 1.807) is 0 Å². The Morgan fingerprint density at radius 1 is 0.625 bits per heavy atom. The molecule has 16 heavy (non-hydrogen) atoms.